The summed E-state index contributed by atoms with van der Waals surface area (Å²) in [6, 6.07) is 4.77. The van der Waals surface area contributed by atoms with Crippen molar-refractivity contribution >= 4 is 11.9 Å². The number of carboxylic acid groups (broad SMARTS) is 1. The number of alkyl halides is 3. The first-order valence-corrected chi connectivity index (χ1v) is 8.04. The lowest BCUT2D eigenvalue weighted by atomic mass is 9.84. The zero-order valence-electron chi connectivity index (χ0n) is 14.5. The number of nitrogens with zero attached hydrogens (tertiary/aromatic N) is 1. The summed E-state index contributed by atoms with van der Waals surface area (Å²) in [7, 11) is 0. The normalized spacial score (nSPS) is 21.4. The van der Waals surface area contributed by atoms with Gasteiger partial charge in [-0.1, -0.05) is 26.0 Å². The Morgan fingerprint density at radius 2 is 1.76 bits per heavy atom. The molecule has 138 valence electrons. The van der Waals surface area contributed by atoms with Crippen LogP contribution in [0.1, 0.15) is 38.3 Å². The van der Waals surface area contributed by atoms with Crippen molar-refractivity contribution in [2.45, 2.75) is 39.8 Å². The van der Waals surface area contributed by atoms with Crippen LogP contribution in [0.25, 0.3) is 0 Å². The van der Waals surface area contributed by atoms with Gasteiger partial charge >= 0.3 is 12.1 Å². The molecule has 0 radical (unpaired) electrons. The third-order valence-electron chi connectivity index (χ3n) is 4.78. The highest BCUT2D eigenvalue weighted by molar-refractivity contribution is 5.84. The zero-order valence-corrected chi connectivity index (χ0v) is 14.5. The number of carboxylic acids is 1. The van der Waals surface area contributed by atoms with E-state index < -0.39 is 28.5 Å². The van der Waals surface area contributed by atoms with E-state index in [-0.39, 0.29) is 18.9 Å². The van der Waals surface area contributed by atoms with Crippen molar-refractivity contribution in [3.63, 3.8) is 0 Å². The summed E-state index contributed by atoms with van der Waals surface area (Å²) in [5, 5.41) is 9.27. The number of benzene rings is 1. The summed E-state index contributed by atoms with van der Waals surface area (Å²) < 4.78 is 37.9. The minimum Gasteiger partial charge on any atom is -0.481 e. The molecule has 0 saturated carbocycles. The van der Waals surface area contributed by atoms with Gasteiger partial charge in [-0.05, 0) is 37.5 Å². The van der Waals surface area contributed by atoms with Crippen molar-refractivity contribution in [1.82, 2.24) is 4.90 Å². The maximum Gasteiger partial charge on any atom is 0.416 e. The number of likely N-dealkylation sites (tertiary alicyclic amines) is 1. The monoisotopic (exact) mass is 357 g/mol. The van der Waals surface area contributed by atoms with Crippen LogP contribution in [0.3, 0.4) is 0 Å². The van der Waals surface area contributed by atoms with E-state index in [4.69, 9.17) is 0 Å². The topological polar surface area (TPSA) is 57.6 Å². The molecule has 1 aromatic rings. The molecule has 1 aliphatic rings. The van der Waals surface area contributed by atoms with Gasteiger partial charge in [0, 0.05) is 18.5 Å². The van der Waals surface area contributed by atoms with Crippen molar-refractivity contribution in [3.05, 3.63) is 35.4 Å². The Bertz CT molecular complexity index is 667. The molecule has 25 heavy (non-hydrogen) atoms. The number of hydrogen-bond acceptors (Lipinski definition) is 2. The van der Waals surface area contributed by atoms with Crippen LogP contribution in [0, 0.1) is 10.8 Å². The Balaban J connectivity index is 2.08. The van der Waals surface area contributed by atoms with Crippen LogP contribution in [0.4, 0.5) is 13.2 Å². The number of amides is 1. The molecule has 1 unspecified atom stereocenters. The molecule has 1 aromatic carbocycles. The van der Waals surface area contributed by atoms with E-state index >= 15 is 0 Å². The van der Waals surface area contributed by atoms with E-state index in [1.165, 1.54) is 17.0 Å². The third kappa shape index (κ3) is 4.14. The highest BCUT2D eigenvalue weighted by Crippen LogP contribution is 2.35. The van der Waals surface area contributed by atoms with Crippen LogP contribution in [-0.4, -0.2) is 35.0 Å². The number of aliphatic carboxylic acids is 1. The van der Waals surface area contributed by atoms with Crippen LogP contribution in [0.15, 0.2) is 24.3 Å². The fourth-order valence-electron chi connectivity index (χ4n) is 3.13. The van der Waals surface area contributed by atoms with E-state index in [9.17, 15) is 27.9 Å². The molecule has 1 saturated heterocycles. The van der Waals surface area contributed by atoms with Gasteiger partial charge in [-0.2, -0.15) is 13.2 Å². The Morgan fingerprint density at radius 3 is 2.20 bits per heavy atom. The molecule has 1 heterocycles. The predicted octanol–water partition coefficient (Wildman–Crippen LogP) is 3.60. The van der Waals surface area contributed by atoms with Gasteiger partial charge in [-0.15, -0.1) is 0 Å². The third-order valence-corrected chi connectivity index (χ3v) is 4.78. The van der Waals surface area contributed by atoms with Gasteiger partial charge in [-0.3, -0.25) is 9.59 Å². The minimum absolute atomic E-state index is 0.150. The van der Waals surface area contributed by atoms with E-state index in [0.29, 0.717) is 18.5 Å². The van der Waals surface area contributed by atoms with Crippen molar-refractivity contribution in [3.8, 4) is 0 Å². The summed E-state index contributed by atoms with van der Waals surface area (Å²) in [5.74, 6) is -1.11. The van der Waals surface area contributed by atoms with Gasteiger partial charge in [0.05, 0.1) is 11.0 Å². The highest BCUT2D eigenvalue weighted by Gasteiger charge is 2.45. The van der Waals surface area contributed by atoms with Gasteiger partial charge in [0.15, 0.2) is 0 Å². The van der Waals surface area contributed by atoms with Crippen molar-refractivity contribution in [2.75, 3.05) is 13.1 Å². The Labute approximate surface area is 144 Å². The average molecular weight is 357 g/mol. The molecule has 0 spiro atoms. The van der Waals surface area contributed by atoms with E-state index in [2.05, 4.69) is 0 Å². The first kappa shape index (κ1) is 19.3. The molecular formula is C18H22F3NO3. The highest BCUT2D eigenvalue weighted by atomic mass is 19.4. The number of hydrogen-bond donors (Lipinski definition) is 1. The molecular weight excluding hydrogens is 335 g/mol. The minimum atomic E-state index is -4.39. The van der Waals surface area contributed by atoms with Crippen molar-refractivity contribution in [1.29, 1.82) is 0 Å². The SMILES string of the molecule is CC(C)(Cc1ccc(C(F)(F)F)cc1)C(=O)N1CCC(C)(C(=O)O)C1. The largest absolute Gasteiger partial charge is 0.481 e. The summed E-state index contributed by atoms with van der Waals surface area (Å²) in [4.78, 5) is 25.6. The van der Waals surface area contributed by atoms with E-state index in [1.807, 2.05) is 0 Å². The average Bonchev–Trinajstić information content (AvgIpc) is 2.89. The lowest BCUT2D eigenvalue weighted by molar-refractivity contribution is -0.148. The van der Waals surface area contributed by atoms with E-state index in [1.54, 1.807) is 20.8 Å². The molecule has 0 aliphatic carbocycles. The molecule has 4 nitrogen and oxygen atoms in total. The number of carbonyl (C=O) groups is 2. The second-order valence-corrected chi connectivity index (χ2v) is 7.60. The molecule has 2 rings (SSSR count). The maximum absolute atomic E-state index is 12.8. The number of rotatable bonds is 4. The van der Waals surface area contributed by atoms with Crippen LogP contribution < -0.4 is 0 Å². The molecule has 1 fully saturated rings. The Kier molecular flexibility index (Phi) is 4.90. The molecule has 1 atom stereocenters. The quantitative estimate of drug-likeness (QED) is 0.896. The lowest BCUT2D eigenvalue weighted by Crippen LogP contribution is -2.42. The molecule has 0 bridgehead atoms. The van der Waals surface area contributed by atoms with Crippen molar-refractivity contribution < 1.29 is 27.9 Å². The molecule has 1 aliphatic heterocycles. The fourth-order valence-corrected chi connectivity index (χ4v) is 3.13. The summed E-state index contributed by atoms with van der Waals surface area (Å²) in [6.07, 6.45) is -3.71. The second kappa shape index (κ2) is 6.35. The van der Waals surface area contributed by atoms with Gasteiger partial charge in [0.1, 0.15) is 0 Å². The Morgan fingerprint density at radius 1 is 1.20 bits per heavy atom. The zero-order chi connectivity index (χ0) is 19.0. The summed E-state index contributed by atoms with van der Waals surface area (Å²) in [6.45, 7) is 5.59. The van der Waals surface area contributed by atoms with E-state index in [0.717, 1.165) is 12.1 Å². The van der Waals surface area contributed by atoms with Crippen LogP contribution in [-0.2, 0) is 22.2 Å². The van der Waals surface area contributed by atoms with Crippen molar-refractivity contribution in [2.24, 2.45) is 10.8 Å². The molecule has 0 aromatic heterocycles. The maximum atomic E-state index is 12.8. The van der Waals surface area contributed by atoms with Crippen LogP contribution in [0.5, 0.6) is 0 Å². The van der Waals surface area contributed by atoms with Gasteiger partial charge in [0.25, 0.3) is 0 Å². The number of carbonyl (C=O) groups excluding carboxylic acids is 1. The smallest absolute Gasteiger partial charge is 0.416 e. The lowest BCUT2D eigenvalue weighted by Gasteiger charge is -2.30. The summed E-state index contributed by atoms with van der Waals surface area (Å²) >= 11 is 0. The standard InChI is InChI=1S/C18H22F3NO3/c1-16(2,10-12-4-6-13(7-5-12)18(19,20)21)14(23)22-9-8-17(3,11-22)15(24)25/h4-7H,8-11H2,1-3H3,(H,24,25). The van der Waals surface area contributed by atoms with Gasteiger partial charge in [0.2, 0.25) is 5.91 Å². The molecule has 1 N–H and O–H groups in total. The Hall–Kier alpha value is -2.05. The first-order valence-electron chi connectivity index (χ1n) is 8.04. The second-order valence-electron chi connectivity index (χ2n) is 7.60. The van der Waals surface area contributed by atoms with Crippen LogP contribution >= 0.6 is 0 Å². The molecule has 7 heteroatoms. The van der Waals surface area contributed by atoms with Gasteiger partial charge < -0.3 is 10.0 Å². The van der Waals surface area contributed by atoms with Crippen LogP contribution in [0.2, 0.25) is 0 Å². The van der Waals surface area contributed by atoms with Gasteiger partial charge in [-0.25, -0.2) is 0 Å². The predicted molar refractivity (Wildman–Crippen MR) is 85.9 cm³/mol. The molecule has 1 amide bonds. The summed E-state index contributed by atoms with van der Waals surface area (Å²) in [5.41, 5.74) is -1.87. The fraction of sp³-hybridized carbons (Fsp3) is 0.556. The first-order chi connectivity index (χ1) is 11.3. The number of halogens is 3.